The highest BCUT2D eigenvalue weighted by molar-refractivity contribution is 9.10. The van der Waals surface area contributed by atoms with Gasteiger partial charge in [0.25, 0.3) is 0 Å². The normalized spacial score (nSPS) is 10.6. The molecule has 17 heavy (non-hydrogen) atoms. The average molecular weight is 304 g/mol. The summed E-state index contributed by atoms with van der Waals surface area (Å²) in [5.41, 5.74) is 5.63. The first-order valence-electron chi connectivity index (χ1n) is 5.03. The maximum Gasteiger partial charge on any atom is 0.179 e. The Hall–Kier alpha value is -1.14. The molecule has 4 nitrogen and oxygen atoms in total. The van der Waals surface area contributed by atoms with Gasteiger partial charge in [-0.1, -0.05) is 0 Å². The Labute approximate surface area is 108 Å². The van der Waals surface area contributed by atoms with E-state index in [9.17, 15) is 4.39 Å². The van der Waals surface area contributed by atoms with Crippen LogP contribution in [0.3, 0.4) is 0 Å². The molecule has 0 atom stereocenters. The summed E-state index contributed by atoms with van der Waals surface area (Å²) in [6.07, 6.45) is 0. The van der Waals surface area contributed by atoms with Gasteiger partial charge in [-0.3, -0.25) is 5.41 Å². The summed E-state index contributed by atoms with van der Waals surface area (Å²) < 4.78 is 19.3. The number of hydrogen-bond donors (Lipinski definition) is 2. The van der Waals surface area contributed by atoms with Crippen LogP contribution in [0, 0.1) is 11.2 Å². The maximum absolute atomic E-state index is 13.8. The lowest BCUT2D eigenvalue weighted by molar-refractivity contribution is 0.252. The number of rotatable bonds is 5. The molecule has 0 heterocycles. The second-order valence-electron chi connectivity index (χ2n) is 3.80. The summed E-state index contributed by atoms with van der Waals surface area (Å²) in [6.45, 7) is 1.10. The van der Waals surface area contributed by atoms with Gasteiger partial charge >= 0.3 is 0 Å². The van der Waals surface area contributed by atoms with Crippen molar-refractivity contribution in [3.63, 3.8) is 0 Å². The van der Waals surface area contributed by atoms with Crippen LogP contribution in [0.5, 0.6) is 5.75 Å². The van der Waals surface area contributed by atoms with Crippen molar-refractivity contribution in [2.75, 3.05) is 27.2 Å². The second kappa shape index (κ2) is 5.97. The lowest BCUT2D eigenvalue weighted by Gasteiger charge is -2.13. The molecule has 0 unspecified atom stereocenters. The van der Waals surface area contributed by atoms with Gasteiger partial charge in [0, 0.05) is 12.1 Å². The highest BCUT2D eigenvalue weighted by Gasteiger charge is 2.13. The first kappa shape index (κ1) is 13.9. The molecule has 0 aliphatic rings. The summed E-state index contributed by atoms with van der Waals surface area (Å²) in [5, 5.41) is 7.27. The molecule has 0 spiro atoms. The van der Waals surface area contributed by atoms with Crippen molar-refractivity contribution in [1.82, 2.24) is 4.90 Å². The molecule has 1 rings (SSSR count). The third-order valence-corrected chi connectivity index (χ3v) is 2.91. The molecule has 0 radical (unpaired) electrons. The van der Waals surface area contributed by atoms with E-state index in [0.29, 0.717) is 18.7 Å². The van der Waals surface area contributed by atoms with Crippen molar-refractivity contribution in [3.05, 3.63) is 28.0 Å². The van der Waals surface area contributed by atoms with Crippen LogP contribution in [-0.2, 0) is 0 Å². The van der Waals surface area contributed by atoms with E-state index in [1.807, 2.05) is 19.0 Å². The smallest absolute Gasteiger partial charge is 0.179 e. The van der Waals surface area contributed by atoms with Crippen molar-refractivity contribution < 1.29 is 9.13 Å². The molecule has 0 fully saturated rings. The van der Waals surface area contributed by atoms with Gasteiger partial charge in [-0.25, -0.2) is 4.39 Å². The molecular weight excluding hydrogens is 289 g/mol. The molecule has 0 saturated carbocycles. The molecule has 0 aromatic heterocycles. The topological polar surface area (TPSA) is 62.3 Å². The zero-order valence-corrected chi connectivity index (χ0v) is 11.3. The van der Waals surface area contributed by atoms with E-state index in [-0.39, 0.29) is 16.1 Å². The van der Waals surface area contributed by atoms with E-state index in [1.54, 1.807) is 6.07 Å². The SMILES string of the molecule is CN(C)CCOc1ccc(C(=N)N)c(Br)c1F. The minimum Gasteiger partial charge on any atom is -0.489 e. The molecule has 94 valence electrons. The van der Waals surface area contributed by atoms with E-state index in [1.165, 1.54) is 6.07 Å². The fourth-order valence-corrected chi connectivity index (χ4v) is 1.73. The Bertz CT molecular complexity index is 423. The van der Waals surface area contributed by atoms with Crippen molar-refractivity contribution >= 4 is 21.8 Å². The Kier molecular flexibility index (Phi) is 4.89. The number of hydrogen-bond acceptors (Lipinski definition) is 3. The Balaban J connectivity index is 2.82. The summed E-state index contributed by atoms with van der Waals surface area (Å²) in [4.78, 5) is 1.94. The van der Waals surface area contributed by atoms with E-state index in [4.69, 9.17) is 15.9 Å². The standard InChI is InChI=1S/C11H15BrFN3O/c1-16(2)5-6-17-8-4-3-7(11(14)15)9(12)10(8)13/h3-4H,5-6H2,1-2H3,(H3,14,15). The van der Waals surface area contributed by atoms with Crippen molar-refractivity contribution in [2.24, 2.45) is 5.73 Å². The first-order valence-corrected chi connectivity index (χ1v) is 5.82. The summed E-state index contributed by atoms with van der Waals surface area (Å²) in [5.74, 6) is -0.559. The third-order valence-electron chi connectivity index (χ3n) is 2.13. The summed E-state index contributed by atoms with van der Waals surface area (Å²) in [6, 6.07) is 3.03. The number of nitrogens with two attached hydrogens (primary N) is 1. The Morgan fingerprint density at radius 1 is 1.53 bits per heavy atom. The van der Waals surface area contributed by atoms with Crippen molar-refractivity contribution in [3.8, 4) is 5.75 Å². The quantitative estimate of drug-likeness (QED) is 0.644. The zero-order valence-electron chi connectivity index (χ0n) is 9.76. The lowest BCUT2D eigenvalue weighted by Crippen LogP contribution is -2.20. The molecule has 0 amide bonds. The number of nitrogens with one attached hydrogen (secondary N) is 1. The molecule has 0 aliphatic heterocycles. The summed E-state index contributed by atoms with van der Waals surface area (Å²) >= 11 is 3.07. The lowest BCUT2D eigenvalue weighted by atomic mass is 10.2. The molecule has 0 aliphatic carbocycles. The van der Waals surface area contributed by atoms with Crippen molar-refractivity contribution in [1.29, 1.82) is 5.41 Å². The minimum atomic E-state index is -0.531. The van der Waals surface area contributed by atoms with Gasteiger partial charge in [0.2, 0.25) is 0 Å². The minimum absolute atomic E-state index is 0.156. The molecule has 1 aromatic rings. The van der Waals surface area contributed by atoms with Gasteiger partial charge in [-0.15, -0.1) is 0 Å². The number of halogens is 2. The molecular formula is C11H15BrFN3O. The number of amidine groups is 1. The number of likely N-dealkylation sites (N-methyl/N-ethyl adjacent to an activating group) is 1. The van der Waals surface area contributed by atoms with Crippen LogP contribution in [0.15, 0.2) is 16.6 Å². The Morgan fingerprint density at radius 2 is 2.18 bits per heavy atom. The van der Waals surface area contributed by atoms with Gasteiger partial charge < -0.3 is 15.4 Å². The van der Waals surface area contributed by atoms with Crippen LogP contribution in [0.25, 0.3) is 0 Å². The Morgan fingerprint density at radius 3 is 2.71 bits per heavy atom. The van der Waals surface area contributed by atoms with Gasteiger partial charge in [0.1, 0.15) is 12.4 Å². The van der Waals surface area contributed by atoms with Gasteiger partial charge in [0.05, 0.1) is 4.47 Å². The van der Waals surface area contributed by atoms with Crippen LogP contribution in [0.2, 0.25) is 0 Å². The van der Waals surface area contributed by atoms with Crippen LogP contribution in [0.1, 0.15) is 5.56 Å². The first-order chi connectivity index (χ1) is 7.93. The highest BCUT2D eigenvalue weighted by atomic mass is 79.9. The molecule has 6 heteroatoms. The predicted molar refractivity (Wildman–Crippen MR) is 69.2 cm³/mol. The number of ether oxygens (including phenoxy) is 1. The van der Waals surface area contributed by atoms with Crippen LogP contribution < -0.4 is 10.5 Å². The molecule has 1 aromatic carbocycles. The van der Waals surface area contributed by atoms with Gasteiger partial charge in [-0.05, 0) is 42.2 Å². The van der Waals surface area contributed by atoms with Gasteiger partial charge in [-0.2, -0.15) is 0 Å². The van der Waals surface area contributed by atoms with Crippen LogP contribution >= 0.6 is 15.9 Å². The second-order valence-corrected chi connectivity index (χ2v) is 4.60. The fourth-order valence-electron chi connectivity index (χ4n) is 1.19. The zero-order chi connectivity index (χ0) is 13.0. The average Bonchev–Trinajstić information content (AvgIpc) is 2.23. The van der Waals surface area contributed by atoms with Crippen molar-refractivity contribution in [2.45, 2.75) is 0 Å². The van der Waals surface area contributed by atoms with Crippen LogP contribution in [-0.4, -0.2) is 38.0 Å². The number of benzene rings is 1. The monoisotopic (exact) mass is 303 g/mol. The van der Waals surface area contributed by atoms with Gasteiger partial charge in [0.15, 0.2) is 11.6 Å². The molecule has 0 saturated heterocycles. The summed E-state index contributed by atoms with van der Waals surface area (Å²) in [7, 11) is 3.82. The van der Waals surface area contributed by atoms with E-state index in [0.717, 1.165) is 0 Å². The van der Waals surface area contributed by atoms with E-state index >= 15 is 0 Å². The molecule has 3 N–H and O–H groups in total. The highest BCUT2D eigenvalue weighted by Crippen LogP contribution is 2.28. The largest absolute Gasteiger partial charge is 0.489 e. The fraction of sp³-hybridized carbons (Fsp3) is 0.364. The number of nitrogen functional groups attached to an aromatic ring is 1. The van der Waals surface area contributed by atoms with Crippen LogP contribution in [0.4, 0.5) is 4.39 Å². The predicted octanol–water partition coefficient (Wildman–Crippen LogP) is 1.81. The third kappa shape index (κ3) is 3.67. The van der Waals surface area contributed by atoms with E-state index < -0.39 is 5.82 Å². The number of nitrogens with zero attached hydrogens (tertiary/aromatic N) is 1. The molecule has 0 bridgehead atoms. The van der Waals surface area contributed by atoms with E-state index in [2.05, 4.69) is 15.9 Å². The maximum atomic E-state index is 13.8.